The van der Waals surface area contributed by atoms with Crippen LogP contribution >= 0.6 is 0 Å². The molecular weight excluding hydrogens is 276 g/mol. The summed E-state index contributed by atoms with van der Waals surface area (Å²) in [5.74, 6) is -0.00611. The van der Waals surface area contributed by atoms with E-state index < -0.39 is 0 Å². The maximum atomic E-state index is 12.6. The van der Waals surface area contributed by atoms with Crippen molar-refractivity contribution in [3.63, 3.8) is 0 Å². The monoisotopic (exact) mass is 298 g/mol. The zero-order chi connectivity index (χ0) is 15.6. The summed E-state index contributed by atoms with van der Waals surface area (Å²) in [6.07, 6.45) is 2.68. The van der Waals surface area contributed by atoms with Crippen molar-refractivity contribution in [2.75, 3.05) is 19.7 Å². The summed E-state index contributed by atoms with van der Waals surface area (Å²) in [6.45, 7) is 3.71. The number of aliphatic hydroxyl groups excluding tert-OH is 1. The third kappa shape index (κ3) is 2.71. The van der Waals surface area contributed by atoms with E-state index in [9.17, 15) is 9.90 Å². The van der Waals surface area contributed by atoms with Gasteiger partial charge in [-0.2, -0.15) is 0 Å². The number of rotatable bonds is 3. The normalized spacial score (nSPS) is 17.6. The molecule has 1 aliphatic rings. The maximum Gasteiger partial charge on any atom is 0.272 e. The van der Waals surface area contributed by atoms with Crippen LogP contribution in [0.25, 0.3) is 10.9 Å². The molecule has 1 aromatic carbocycles. The van der Waals surface area contributed by atoms with Crippen molar-refractivity contribution < 1.29 is 9.90 Å². The number of aromatic nitrogens is 1. The topological polar surface area (TPSA) is 53.4 Å². The second-order valence-corrected chi connectivity index (χ2v) is 6.19. The highest BCUT2D eigenvalue weighted by molar-refractivity contribution is 5.94. The lowest BCUT2D eigenvalue weighted by Gasteiger charge is -2.40. The molecule has 1 saturated heterocycles. The van der Waals surface area contributed by atoms with Crippen LogP contribution in [0, 0.1) is 5.41 Å². The Balaban J connectivity index is 1.76. The number of carbonyl (C=O) groups is 1. The van der Waals surface area contributed by atoms with Gasteiger partial charge in [0.25, 0.3) is 5.91 Å². The molecule has 0 saturated carbocycles. The van der Waals surface area contributed by atoms with Crippen molar-refractivity contribution in [1.82, 2.24) is 9.88 Å². The smallest absolute Gasteiger partial charge is 0.272 e. The van der Waals surface area contributed by atoms with Gasteiger partial charge in [-0.3, -0.25) is 4.79 Å². The molecule has 2 aromatic rings. The standard InChI is InChI=1S/C18H22N2O2/c1-2-18(13-21)9-11-20(12-10-18)17(22)16-8-7-14-5-3-4-6-15(14)19-16/h3-8,21H,2,9-13H2,1H3. The minimum Gasteiger partial charge on any atom is -0.396 e. The summed E-state index contributed by atoms with van der Waals surface area (Å²) in [4.78, 5) is 19.0. The molecular formula is C18H22N2O2. The van der Waals surface area contributed by atoms with Crippen LogP contribution in [-0.2, 0) is 0 Å². The Hall–Kier alpha value is -1.94. The van der Waals surface area contributed by atoms with Crippen LogP contribution in [0.2, 0.25) is 0 Å². The maximum absolute atomic E-state index is 12.6. The Morgan fingerprint density at radius 3 is 2.64 bits per heavy atom. The average molecular weight is 298 g/mol. The molecule has 1 aromatic heterocycles. The number of nitrogens with zero attached hydrogens (tertiary/aromatic N) is 2. The average Bonchev–Trinajstić information content (AvgIpc) is 2.61. The molecule has 1 amide bonds. The molecule has 0 unspecified atom stereocenters. The van der Waals surface area contributed by atoms with Gasteiger partial charge in [0.15, 0.2) is 0 Å². The Bertz CT molecular complexity index is 670. The van der Waals surface area contributed by atoms with Crippen LogP contribution in [0.4, 0.5) is 0 Å². The van der Waals surface area contributed by atoms with Gasteiger partial charge in [0.2, 0.25) is 0 Å². The highest BCUT2D eigenvalue weighted by Crippen LogP contribution is 2.34. The van der Waals surface area contributed by atoms with E-state index in [1.54, 1.807) is 6.07 Å². The number of para-hydroxylation sites is 1. The van der Waals surface area contributed by atoms with Crippen molar-refractivity contribution in [2.24, 2.45) is 5.41 Å². The third-order valence-corrected chi connectivity index (χ3v) is 5.01. The molecule has 4 heteroatoms. The minimum atomic E-state index is -0.00636. The summed E-state index contributed by atoms with van der Waals surface area (Å²) in [6, 6.07) is 11.6. The lowest BCUT2D eigenvalue weighted by molar-refractivity contribution is 0.0335. The first-order valence-electron chi connectivity index (χ1n) is 7.93. The second kappa shape index (κ2) is 6.05. The first-order chi connectivity index (χ1) is 10.7. The number of carbonyl (C=O) groups excluding carboxylic acids is 1. The Kier molecular flexibility index (Phi) is 4.12. The Labute approximate surface area is 130 Å². The molecule has 0 atom stereocenters. The fourth-order valence-electron chi connectivity index (χ4n) is 3.15. The molecule has 1 aliphatic heterocycles. The van der Waals surface area contributed by atoms with Crippen molar-refractivity contribution in [3.8, 4) is 0 Å². The number of fused-ring (bicyclic) bond motifs is 1. The number of likely N-dealkylation sites (tertiary alicyclic amines) is 1. The summed E-state index contributed by atoms with van der Waals surface area (Å²) in [5, 5.41) is 10.6. The zero-order valence-corrected chi connectivity index (χ0v) is 13.0. The van der Waals surface area contributed by atoms with Crippen molar-refractivity contribution in [3.05, 3.63) is 42.1 Å². The van der Waals surface area contributed by atoms with Gasteiger partial charge in [0.1, 0.15) is 5.69 Å². The SMILES string of the molecule is CCC1(CO)CCN(C(=O)c2ccc3ccccc3n2)CC1. The van der Waals surface area contributed by atoms with Gasteiger partial charge >= 0.3 is 0 Å². The molecule has 4 nitrogen and oxygen atoms in total. The molecule has 0 spiro atoms. The van der Waals surface area contributed by atoms with E-state index in [0.29, 0.717) is 18.8 Å². The fourth-order valence-corrected chi connectivity index (χ4v) is 3.15. The quantitative estimate of drug-likeness (QED) is 0.948. The predicted octanol–water partition coefficient (Wildman–Crippen LogP) is 2.86. The number of piperidine rings is 1. The molecule has 0 aliphatic carbocycles. The van der Waals surface area contributed by atoms with Crippen molar-refractivity contribution >= 4 is 16.8 Å². The van der Waals surface area contributed by atoms with E-state index >= 15 is 0 Å². The molecule has 1 N–H and O–H groups in total. The highest BCUT2D eigenvalue weighted by Gasteiger charge is 2.34. The summed E-state index contributed by atoms with van der Waals surface area (Å²) >= 11 is 0. The lowest BCUT2D eigenvalue weighted by Crippen LogP contribution is -2.44. The predicted molar refractivity (Wildman–Crippen MR) is 86.7 cm³/mol. The number of benzene rings is 1. The Morgan fingerprint density at radius 1 is 1.23 bits per heavy atom. The largest absolute Gasteiger partial charge is 0.396 e. The molecule has 2 heterocycles. The van der Waals surface area contributed by atoms with Crippen LogP contribution in [0.1, 0.15) is 36.7 Å². The van der Waals surface area contributed by atoms with Crippen LogP contribution in [-0.4, -0.2) is 40.6 Å². The van der Waals surface area contributed by atoms with Gasteiger partial charge < -0.3 is 10.0 Å². The van der Waals surface area contributed by atoms with Gasteiger partial charge in [0, 0.05) is 25.1 Å². The van der Waals surface area contributed by atoms with Gasteiger partial charge in [0.05, 0.1) is 5.52 Å². The highest BCUT2D eigenvalue weighted by atomic mass is 16.3. The van der Waals surface area contributed by atoms with E-state index in [4.69, 9.17) is 0 Å². The van der Waals surface area contributed by atoms with E-state index in [-0.39, 0.29) is 17.9 Å². The minimum absolute atomic E-state index is 0.00611. The number of amides is 1. The second-order valence-electron chi connectivity index (χ2n) is 6.19. The van der Waals surface area contributed by atoms with E-state index in [2.05, 4.69) is 11.9 Å². The molecule has 116 valence electrons. The van der Waals surface area contributed by atoms with Crippen LogP contribution in [0.3, 0.4) is 0 Å². The molecule has 0 bridgehead atoms. The molecule has 3 rings (SSSR count). The van der Waals surface area contributed by atoms with Crippen LogP contribution in [0.5, 0.6) is 0 Å². The fraction of sp³-hybridized carbons (Fsp3) is 0.444. The third-order valence-electron chi connectivity index (χ3n) is 5.01. The Morgan fingerprint density at radius 2 is 1.95 bits per heavy atom. The first-order valence-corrected chi connectivity index (χ1v) is 7.93. The van der Waals surface area contributed by atoms with Crippen LogP contribution in [0.15, 0.2) is 36.4 Å². The number of hydrogen-bond acceptors (Lipinski definition) is 3. The zero-order valence-electron chi connectivity index (χ0n) is 13.0. The van der Waals surface area contributed by atoms with Gasteiger partial charge in [-0.05, 0) is 36.8 Å². The summed E-state index contributed by atoms with van der Waals surface area (Å²) < 4.78 is 0. The van der Waals surface area contributed by atoms with E-state index in [1.165, 1.54) is 0 Å². The van der Waals surface area contributed by atoms with Crippen molar-refractivity contribution in [1.29, 1.82) is 0 Å². The number of pyridine rings is 1. The van der Waals surface area contributed by atoms with Gasteiger partial charge in [-0.15, -0.1) is 0 Å². The van der Waals surface area contributed by atoms with E-state index in [1.807, 2.05) is 35.2 Å². The van der Waals surface area contributed by atoms with Crippen molar-refractivity contribution in [2.45, 2.75) is 26.2 Å². The van der Waals surface area contributed by atoms with Gasteiger partial charge in [-0.1, -0.05) is 31.2 Å². The summed E-state index contributed by atoms with van der Waals surface area (Å²) in [5.41, 5.74) is 1.35. The number of aliphatic hydroxyl groups is 1. The van der Waals surface area contributed by atoms with Crippen LogP contribution < -0.4 is 0 Å². The number of hydrogen-bond donors (Lipinski definition) is 1. The molecule has 22 heavy (non-hydrogen) atoms. The first kappa shape index (κ1) is 15.0. The van der Waals surface area contributed by atoms with Gasteiger partial charge in [-0.25, -0.2) is 4.98 Å². The van der Waals surface area contributed by atoms with E-state index in [0.717, 1.165) is 30.2 Å². The summed E-state index contributed by atoms with van der Waals surface area (Å²) in [7, 11) is 0. The molecule has 1 fully saturated rings. The molecule has 0 radical (unpaired) electrons. The lowest BCUT2D eigenvalue weighted by atomic mass is 9.77.